The number of ether oxygens (including phenoxy) is 1. The summed E-state index contributed by atoms with van der Waals surface area (Å²) in [5, 5.41) is 5.84. The first kappa shape index (κ1) is 19.1. The van der Waals surface area contributed by atoms with E-state index < -0.39 is 0 Å². The summed E-state index contributed by atoms with van der Waals surface area (Å²) in [7, 11) is 1.56. The summed E-state index contributed by atoms with van der Waals surface area (Å²) in [5.41, 5.74) is 0.261. The molecule has 2 amide bonds. The summed E-state index contributed by atoms with van der Waals surface area (Å²) in [6.07, 6.45) is 2.17. The molecule has 0 aliphatic carbocycles. The lowest BCUT2D eigenvalue weighted by atomic mass is 10.2. The van der Waals surface area contributed by atoms with Crippen LogP contribution in [0.5, 0.6) is 0 Å². The summed E-state index contributed by atoms with van der Waals surface area (Å²) in [4.78, 5) is 41.9. The molecule has 136 valence electrons. The van der Waals surface area contributed by atoms with E-state index >= 15 is 0 Å². The van der Waals surface area contributed by atoms with E-state index in [-0.39, 0.29) is 23.9 Å². The fourth-order valence-electron chi connectivity index (χ4n) is 2.31. The minimum absolute atomic E-state index is 0.0908. The largest absolute Gasteiger partial charge is 0.383 e. The molecule has 0 radical (unpaired) electrons. The van der Waals surface area contributed by atoms with Gasteiger partial charge in [-0.2, -0.15) is 0 Å². The zero-order valence-corrected chi connectivity index (χ0v) is 15.4. The molecule has 9 heteroatoms. The van der Waals surface area contributed by atoms with Gasteiger partial charge in [-0.3, -0.25) is 19.0 Å². The van der Waals surface area contributed by atoms with Gasteiger partial charge in [0.2, 0.25) is 5.91 Å². The van der Waals surface area contributed by atoms with Crippen molar-refractivity contribution in [2.24, 2.45) is 0 Å². The average molecular weight is 366 g/mol. The van der Waals surface area contributed by atoms with E-state index in [1.54, 1.807) is 14.0 Å². The SMILES string of the molecule is CCCNC(=O)Cn1cnc2sc(C(=O)NCCOC)c(C)c2c1=O. The van der Waals surface area contributed by atoms with E-state index in [2.05, 4.69) is 15.6 Å². The van der Waals surface area contributed by atoms with E-state index in [4.69, 9.17) is 4.74 Å². The number of nitrogens with one attached hydrogen (secondary N) is 2. The Morgan fingerprint density at radius 3 is 2.76 bits per heavy atom. The van der Waals surface area contributed by atoms with Gasteiger partial charge in [0.1, 0.15) is 11.4 Å². The predicted molar refractivity (Wildman–Crippen MR) is 96.1 cm³/mol. The highest BCUT2D eigenvalue weighted by Gasteiger charge is 2.19. The lowest BCUT2D eigenvalue weighted by Gasteiger charge is -2.06. The molecular formula is C16H22N4O4S. The number of nitrogens with zero attached hydrogens (tertiary/aromatic N) is 2. The molecule has 2 heterocycles. The maximum atomic E-state index is 12.7. The van der Waals surface area contributed by atoms with Crippen molar-refractivity contribution >= 4 is 33.4 Å². The number of hydrogen-bond acceptors (Lipinski definition) is 6. The van der Waals surface area contributed by atoms with Crippen LogP contribution in [0.4, 0.5) is 0 Å². The molecule has 0 saturated heterocycles. The Bertz CT molecular complexity index is 827. The topological polar surface area (TPSA) is 102 Å². The molecule has 8 nitrogen and oxygen atoms in total. The van der Waals surface area contributed by atoms with Gasteiger partial charge in [0.05, 0.1) is 23.2 Å². The molecule has 2 aromatic heterocycles. The minimum atomic E-state index is -0.318. The molecule has 2 N–H and O–H groups in total. The molecule has 25 heavy (non-hydrogen) atoms. The second-order valence-corrected chi connectivity index (χ2v) is 6.51. The minimum Gasteiger partial charge on any atom is -0.383 e. The number of methoxy groups -OCH3 is 1. The average Bonchev–Trinajstić information content (AvgIpc) is 2.93. The Morgan fingerprint density at radius 1 is 1.32 bits per heavy atom. The van der Waals surface area contributed by atoms with E-state index in [0.29, 0.717) is 40.4 Å². The van der Waals surface area contributed by atoms with Gasteiger partial charge in [-0.25, -0.2) is 4.98 Å². The van der Waals surface area contributed by atoms with Crippen molar-refractivity contribution in [1.82, 2.24) is 20.2 Å². The standard InChI is InChI=1S/C16H22N4O4S/c1-4-5-17-11(21)8-20-9-19-15-12(16(20)23)10(2)13(25-15)14(22)18-6-7-24-3/h9H,4-8H2,1-3H3,(H,17,21)(H,18,22). The number of aromatic nitrogens is 2. The third kappa shape index (κ3) is 4.43. The molecule has 0 aromatic carbocycles. The number of carbonyl (C=O) groups excluding carboxylic acids is 2. The number of hydrogen-bond donors (Lipinski definition) is 2. The molecule has 0 atom stereocenters. The normalized spacial score (nSPS) is 10.8. The molecule has 0 bridgehead atoms. The van der Waals surface area contributed by atoms with Crippen LogP contribution >= 0.6 is 11.3 Å². The molecule has 2 rings (SSSR count). The first-order valence-corrected chi connectivity index (χ1v) is 8.83. The molecular weight excluding hydrogens is 344 g/mol. The van der Waals surface area contributed by atoms with Crippen molar-refractivity contribution < 1.29 is 14.3 Å². The lowest BCUT2D eigenvalue weighted by Crippen LogP contribution is -2.32. The molecule has 0 aliphatic rings. The van der Waals surface area contributed by atoms with Crippen LogP contribution in [0.15, 0.2) is 11.1 Å². The quantitative estimate of drug-likeness (QED) is 0.669. The third-order valence-electron chi connectivity index (χ3n) is 3.60. The fraction of sp³-hybridized carbons (Fsp3) is 0.500. The summed E-state index contributed by atoms with van der Waals surface area (Å²) in [5.74, 6) is -0.500. The van der Waals surface area contributed by atoms with Crippen molar-refractivity contribution in [2.75, 3.05) is 26.8 Å². The molecule has 0 unspecified atom stereocenters. The van der Waals surface area contributed by atoms with E-state index in [1.807, 2.05) is 6.92 Å². The van der Waals surface area contributed by atoms with E-state index in [0.717, 1.165) is 6.42 Å². The van der Waals surface area contributed by atoms with Crippen molar-refractivity contribution in [1.29, 1.82) is 0 Å². The van der Waals surface area contributed by atoms with Gasteiger partial charge in [0.15, 0.2) is 0 Å². The van der Waals surface area contributed by atoms with Crippen molar-refractivity contribution in [3.63, 3.8) is 0 Å². The molecule has 0 aliphatic heterocycles. The second-order valence-electron chi connectivity index (χ2n) is 5.51. The van der Waals surface area contributed by atoms with Crippen LogP contribution in [-0.4, -0.2) is 48.2 Å². The van der Waals surface area contributed by atoms with Gasteiger partial charge in [0, 0.05) is 20.2 Å². The highest BCUT2D eigenvalue weighted by atomic mass is 32.1. The van der Waals surface area contributed by atoms with Crippen molar-refractivity contribution in [2.45, 2.75) is 26.8 Å². The number of carbonyl (C=O) groups is 2. The summed E-state index contributed by atoms with van der Waals surface area (Å²) in [6, 6.07) is 0. The second kappa shape index (κ2) is 8.72. The first-order chi connectivity index (χ1) is 12.0. The van der Waals surface area contributed by atoms with Crippen molar-refractivity contribution in [3.05, 3.63) is 27.1 Å². The first-order valence-electron chi connectivity index (χ1n) is 8.02. The van der Waals surface area contributed by atoms with Crippen molar-refractivity contribution in [3.8, 4) is 0 Å². The Morgan fingerprint density at radius 2 is 2.08 bits per heavy atom. The smallest absolute Gasteiger partial charge is 0.262 e. The zero-order chi connectivity index (χ0) is 18.4. The Hall–Kier alpha value is -2.26. The molecule has 0 fully saturated rings. The van der Waals surface area contributed by atoms with E-state index in [9.17, 15) is 14.4 Å². The maximum Gasteiger partial charge on any atom is 0.262 e. The zero-order valence-electron chi connectivity index (χ0n) is 14.5. The summed E-state index contributed by atoms with van der Waals surface area (Å²) in [6.45, 7) is 4.94. The fourth-order valence-corrected chi connectivity index (χ4v) is 3.37. The number of rotatable bonds is 8. The van der Waals surface area contributed by atoms with Crippen LogP contribution in [0.3, 0.4) is 0 Å². The number of thiophene rings is 1. The van der Waals surface area contributed by atoms with E-state index in [1.165, 1.54) is 22.2 Å². The van der Waals surface area contributed by atoms with Gasteiger partial charge < -0.3 is 15.4 Å². The van der Waals surface area contributed by atoms with Crippen LogP contribution in [0, 0.1) is 6.92 Å². The van der Waals surface area contributed by atoms with Crippen LogP contribution in [0.25, 0.3) is 10.2 Å². The number of amides is 2. The Balaban J connectivity index is 2.28. The highest BCUT2D eigenvalue weighted by Crippen LogP contribution is 2.26. The van der Waals surface area contributed by atoms with Gasteiger partial charge in [-0.1, -0.05) is 6.92 Å². The molecule has 0 spiro atoms. The van der Waals surface area contributed by atoms with Gasteiger partial charge in [0.25, 0.3) is 11.5 Å². The van der Waals surface area contributed by atoms with Gasteiger partial charge in [-0.15, -0.1) is 11.3 Å². The monoisotopic (exact) mass is 366 g/mol. The third-order valence-corrected chi connectivity index (χ3v) is 4.80. The van der Waals surface area contributed by atoms with Gasteiger partial charge >= 0.3 is 0 Å². The molecule has 0 saturated carbocycles. The number of fused-ring (bicyclic) bond motifs is 1. The van der Waals surface area contributed by atoms with Crippen LogP contribution in [-0.2, 0) is 16.1 Å². The number of aryl methyl sites for hydroxylation is 1. The Labute approximate surface area is 149 Å². The van der Waals surface area contributed by atoms with Crippen LogP contribution in [0.2, 0.25) is 0 Å². The lowest BCUT2D eigenvalue weighted by molar-refractivity contribution is -0.121. The maximum absolute atomic E-state index is 12.7. The Kier molecular flexibility index (Phi) is 6.65. The summed E-state index contributed by atoms with van der Waals surface area (Å²) < 4.78 is 6.17. The van der Waals surface area contributed by atoms with Crippen LogP contribution < -0.4 is 16.2 Å². The molecule has 2 aromatic rings. The predicted octanol–water partition coefficient (Wildman–Crippen LogP) is 0.669. The highest BCUT2D eigenvalue weighted by molar-refractivity contribution is 7.20. The van der Waals surface area contributed by atoms with Gasteiger partial charge in [-0.05, 0) is 18.9 Å². The summed E-state index contributed by atoms with van der Waals surface area (Å²) >= 11 is 1.17. The van der Waals surface area contributed by atoms with Crippen LogP contribution in [0.1, 0.15) is 28.6 Å².